The maximum atomic E-state index is 10.8. The van der Waals surface area contributed by atoms with E-state index in [2.05, 4.69) is 15.9 Å². The lowest BCUT2D eigenvalue weighted by atomic mass is 10.1. The van der Waals surface area contributed by atoms with Gasteiger partial charge in [0, 0.05) is 4.47 Å². The first kappa shape index (κ1) is 13.6. The number of ether oxygens (including phenoxy) is 1. The fourth-order valence-electron chi connectivity index (χ4n) is 1.77. The van der Waals surface area contributed by atoms with Crippen molar-refractivity contribution in [3.8, 4) is 11.5 Å². The van der Waals surface area contributed by atoms with Crippen molar-refractivity contribution in [1.29, 1.82) is 0 Å². The molecule has 3 nitrogen and oxygen atoms in total. The van der Waals surface area contributed by atoms with Crippen LogP contribution in [0.4, 0.5) is 0 Å². The average Bonchev–Trinajstić information content (AvgIpc) is 2.36. The second-order valence-electron chi connectivity index (χ2n) is 4.30. The molecule has 0 atom stereocenters. The highest BCUT2D eigenvalue weighted by Crippen LogP contribution is 2.29. The molecule has 0 unspecified atom stereocenters. The lowest BCUT2D eigenvalue weighted by Gasteiger charge is -2.10. The average molecular weight is 321 g/mol. The van der Waals surface area contributed by atoms with Gasteiger partial charge in [0.15, 0.2) is 0 Å². The van der Waals surface area contributed by atoms with E-state index in [0.717, 1.165) is 21.3 Å². The zero-order valence-electron chi connectivity index (χ0n) is 10.6. The molecule has 2 aromatic carbocycles. The van der Waals surface area contributed by atoms with Crippen molar-refractivity contribution in [2.45, 2.75) is 13.8 Å². The highest BCUT2D eigenvalue weighted by Gasteiger charge is 2.06. The summed E-state index contributed by atoms with van der Waals surface area (Å²) in [6, 6.07) is 10.2. The molecule has 0 fully saturated rings. The van der Waals surface area contributed by atoms with Crippen LogP contribution in [0.3, 0.4) is 0 Å². The van der Waals surface area contributed by atoms with Crippen molar-refractivity contribution < 1.29 is 14.6 Å². The predicted octanol–water partition coefficient (Wildman–Crippen LogP) is 4.56. The number of halogens is 1. The zero-order valence-corrected chi connectivity index (χ0v) is 12.2. The molecule has 1 N–H and O–H groups in total. The first-order valence-electron chi connectivity index (χ1n) is 5.75. The summed E-state index contributed by atoms with van der Waals surface area (Å²) in [6.45, 7) is 3.99. The van der Waals surface area contributed by atoms with Crippen molar-refractivity contribution in [2.24, 2.45) is 0 Å². The van der Waals surface area contributed by atoms with Crippen LogP contribution in [0.25, 0.3) is 0 Å². The Kier molecular flexibility index (Phi) is 3.90. The van der Waals surface area contributed by atoms with Crippen LogP contribution in [0.1, 0.15) is 21.5 Å². The fraction of sp³-hybridized carbons (Fsp3) is 0.133. The maximum absolute atomic E-state index is 10.8. The number of carboxylic acid groups (broad SMARTS) is 1. The Bertz CT molecular complexity index is 595. The van der Waals surface area contributed by atoms with E-state index in [1.54, 1.807) is 12.1 Å². The van der Waals surface area contributed by atoms with Crippen LogP contribution in [0.15, 0.2) is 40.9 Å². The van der Waals surface area contributed by atoms with Gasteiger partial charge < -0.3 is 9.84 Å². The molecule has 0 aromatic heterocycles. The van der Waals surface area contributed by atoms with E-state index in [0.29, 0.717) is 5.75 Å². The Morgan fingerprint density at radius 2 is 1.58 bits per heavy atom. The second kappa shape index (κ2) is 5.45. The SMILES string of the molecule is Cc1cc(Oc2ccc(C(=O)O)cc2)cc(C)c1Br. The summed E-state index contributed by atoms with van der Waals surface area (Å²) < 4.78 is 6.79. The molecule has 0 aliphatic rings. The van der Waals surface area contributed by atoms with Crippen molar-refractivity contribution in [1.82, 2.24) is 0 Å². The first-order valence-corrected chi connectivity index (χ1v) is 6.54. The number of carbonyl (C=O) groups is 1. The first-order chi connectivity index (χ1) is 8.97. The van der Waals surface area contributed by atoms with Crippen LogP contribution in [0.5, 0.6) is 11.5 Å². The Balaban J connectivity index is 2.24. The summed E-state index contributed by atoms with van der Waals surface area (Å²) in [5.41, 5.74) is 2.44. The molecule has 0 spiro atoms. The quantitative estimate of drug-likeness (QED) is 0.902. The summed E-state index contributed by atoms with van der Waals surface area (Å²) in [5, 5.41) is 8.82. The zero-order chi connectivity index (χ0) is 14.0. The van der Waals surface area contributed by atoms with Crippen LogP contribution >= 0.6 is 15.9 Å². The van der Waals surface area contributed by atoms with E-state index in [4.69, 9.17) is 9.84 Å². The van der Waals surface area contributed by atoms with E-state index in [1.165, 1.54) is 12.1 Å². The summed E-state index contributed by atoms with van der Waals surface area (Å²) >= 11 is 3.50. The molecule has 2 rings (SSSR count). The number of hydrogen-bond donors (Lipinski definition) is 1. The Labute approximate surface area is 120 Å². The van der Waals surface area contributed by atoms with Crippen LogP contribution in [-0.2, 0) is 0 Å². The fourth-order valence-corrected chi connectivity index (χ4v) is 2.00. The van der Waals surface area contributed by atoms with Gasteiger partial charge in [-0.25, -0.2) is 4.79 Å². The van der Waals surface area contributed by atoms with Gasteiger partial charge in [-0.15, -0.1) is 0 Å². The Morgan fingerprint density at radius 1 is 1.05 bits per heavy atom. The molecule has 98 valence electrons. The molecule has 0 amide bonds. The molecule has 0 saturated heterocycles. The summed E-state index contributed by atoms with van der Waals surface area (Å²) in [6.07, 6.45) is 0. The molecular formula is C15H13BrO3. The molecule has 2 aromatic rings. The van der Waals surface area contributed by atoms with Crippen molar-refractivity contribution in [3.05, 3.63) is 57.6 Å². The monoisotopic (exact) mass is 320 g/mol. The lowest BCUT2D eigenvalue weighted by molar-refractivity contribution is 0.0697. The molecule has 0 heterocycles. The second-order valence-corrected chi connectivity index (χ2v) is 5.10. The molecule has 0 aliphatic heterocycles. The molecule has 0 bridgehead atoms. The van der Waals surface area contributed by atoms with Gasteiger partial charge in [0.2, 0.25) is 0 Å². The largest absolute Gasteiger partial charge is 0.478 e. The minimum Gasteiger partial charge on any atom is -0.478 e. The van der Waals surface area contributed by atoms with Gasteiger partial charge in [-0.2, -0.15) is 0 Å². The third-order valence-corrected chi connectivity index (χ3v) is 4.00. The smallest absolute Gasteiger partial charge is 0.335 e. The number of rotatable bonds is 3. The lowest BCUT2D eigenvalue weighted by Crippen LogP contribution is -1.95. The van der Waals surface area contributed by atoms with Gasteiger partial charge in [0.1, 0.15) is 11.5 Å². The highest BCUT2D eigenvalue weighted by atomic mass is 79.9. The molecule has 0 saturated carbocycles. The number of carboxylic acids is 1. The summed E-state index contributed by atoms with van der Waals surface area (Å²) in [5.74, 6) is 0.411. The molecule has 0 radical (unpaired) electrons. The van der Waals surface area contributed by atoms with Gasteiger partial charge in [0.05, 0.1) is 5.56 Å². The third-order valence-electron chi connectivity index (χ3n) is 2.75. The molecule has 19 heavy (non-hydrogen) atoms. The standard InChI is InChI=1S/C15H13BrO3/c1-9-7-13(8-10(2)14(9)16)19-12-5-3-11(4-6-12)15(17)18/h3-8H,1-2H3,(H,17,18). The molecule has 4 heteroatoms. The van der Waals surface area contributed by atoms with Crippen LogP contribution in [0.2, 0.25) is 0 Å². The van der Waals surface area contributed by atoms with Gasteiger partial charge >= 0.3 is 5.97 Å². The van der Waals surface area contributed by atoms with Gasteiger partial charge in [-0.05, 0) is 61.4 Å². The van der Waals surface area contributed by atoms with E-state index in [1.807, 2.05) is 26.0 Å². The van der Waals surface area contributed by atoms with Crippen molar-refractivity contribution in [2.75, 3.05) is 0 Å². The van der Waals surface area contributed by atoms with Crippen LogP contribution in [0, 0.1) is 13.8 Å². The molecule has 0 aliphatic carbocycles. The predicted molar refractivity (Wildman–Crippen MR) is 77.1 cm³/mol. The maximum Gasteiger partial charge on any atom is 0.335 e. The van der Waals surface area contributed by atoms with Gasteiger partial charge in [-0.3, -0.25) is 0 Å². The van der Waals surface area contributed by atoms with Gasteiger partial charge in [-0.1, -0.05) is 15.9 Å². The van der Waals surface area contributed by atoms with E-state index in [9.17, 15) is 4.79 Å². The van der Waals surface area contributed by atoms with Crippen molar-refractivity contribution in [3.63, 3.8) is 0 Å². The number of hydrogen-bond acceptors (Lipinski definition) is 2. The van der Waals surface area contributed by atoms with Gasteiger partial charge in [0.25, 0.3) is 0 Å². The Hall–Kier alpha value is -1.81. The van der Waals surface area contributed by atoms with E-state index < -0.39 is 5.97 Å². The van der Waals surface area contributed by atoms with Crippen molar-refractivity contribution >= 4 is 21.9 Å². The van der Waals surface area contributed by atoms with E-state index >= 15 is 0 Å². The van der Waals surface area contributed by atoms with E-state index in [-0.39, 0.29) is 5.56 Å². The summed E-state index contributed by atoms with van der Waals surface area (Å²) in [4.78, 5) is 10.8. The number of aryl methyl sites for hydroxylation is 2. The Morgan fingerprint density at radius 3 is 2.05 bits per heavy atom. The molecular weight excluding hydrogens is 308 g/mol. The number of aromatic carboxylic acids is 1. The minimum atomic E-state index is -0.943. The van der Waals surface area contributed by atoms with Crippen LogP contribution in [-0.4, -0.2) is 11.1 Å². The summed E-state index contributed by atoms with van der Waals surface area (Å²) in [7, 11) is 0. The minimum absolute atomic E-state index is 0.246. The topological polar surface area (TPSA) is 46.5 Å². The number of benzene rings is 2. The third kappa shape index (κ3) is 3.15. The highest BCUT2D eigenvalue weighted by molar-refractivity contribution is 9.10. The normalized spacial score (nSPS) is 10.3. The van der Waals surface area contributed by atoms with Crippen LogP contribution < -0.4 is 4.74 Å².